The second-order valence-electron chi connectivity index (χ2n) is 6.91. The second kappa shape index (κ2) is 6.96. The van der Waals surface area contributed by atoms with Crippen molar-refractivity contribution in [2.45, 2.75) is 51.6 Å². The number of fused-ring (bicyclic) bond motifs is 1. The van der Waals surface area contributed by atoms with Crippen molar-refractivity contribution in [2.24, 2.45) is 0 Å². The van der Waals surface area contributed by atoms with E-state index in [0.29, 0.717) is 6.04 Å². The molecule has 4 rings (SSSR count). The Morgan fingerprint density at radius 3 is 3.08 bits per heavy atom. The molecule has 1 saturated heterocycles. The SMILES string of the molecule is CCCc1noc([C@H](C)N2CCC[C@@H](n3cnc4ccccc43)C2)n1. The van der Waals surface area contributed by atoms with Crippen LogP contribution in [0.25, 0.3) is 11.0 Å². The van der Waals surface area contributed by atoms with Crippen molar-refractivity contribution in [3.63, 3.8) is 0 Å². The van der Waals surface area contributed by atoms with Gasteiger partial charge in [0, 0.05) is 19.0 Å². The lowest BCUT2D eigenvalue weighted by atomic mass is 10.0. The first-order valence-electron chi connectivity index (χ1n) is 9.24. The van der Waals surface area contributed by atoms with E-state index in [9.17, 15) is 0 Å². The molecule has 1 aliphatic rings. The second-order valence-corrected chi connectivity index (χ2v) is 6.91. The summed E-state index contributed by atoms with van der Waals surface area (Å²) in [6, 6.07) is 8.93. The molecule has 2 aromatic heterocycles. The maximum atomic E-state index is 5.51. The number of imidazole rings is 1. The Hall–Kier alpha value is -2.21. The number of hydrogen-bond donors (Lipinski definition) is 0. The molecule has 0 saturated carbocycles. The van der Waals surface area contributed by atoms with Gasteiger partial charge in [-0.1, -0.05) is 24.2 Å². The zero-order valence-electron chi connectivity index (χ0n) is 14.9. The fraction of sp³-hybridized carbons (Fsp3) is 0.526. The number of aromatic nitrogens is 4. The van der Waals surface area contributed by atoms with Gasteiger partial charge in [0.2, 0.25) is 5.89 Å². The molecular weight excluding hydrogens is 314 g/mol. The maximum Gasteiger partial charge on any atom is 0.243 e. The molecule has 6 heteroatoms. The van der Waals surface area contributed by atoms with Crippen LogP contribution < -0.4 is 0 Å². The van der Waals surface area contributed by atoms with Crippen molar-refractivity contribution in [3.8, 4) is 0 Å². The van der Waals surface area contributed by atoms with E-state index in [4.69, 9.17) is 4.52 Å². The van der Waals surface area contributed by atoms with Crippen molar-refractivity contribution in [2.75, 3.05) is 13.1 Å². The first-order chi connectivity index (χ1) is 12.3. The topological polar surface area (TPSA) is 60.0 Å². The van der Waals surface area contributed by atoms with Gasteiger partial charge in [-0.2, -0.15) is 4.98 Å². The average molecular weight is 339 g/mol. The van der Waals surface area contributed by atoms with Crippen LogP contribution in [-0.4, -0.2) is 37.7 Å². The Balaban J connectivity index is 1.52. The van der Waals surface area contributed by atoms with Gasteiger partial charge < -0.3 is 9.09 Å². The van der Waals surface area contributed by atoms with Crippen LogP contribution in [0.15, 0.2) is 35.1 Å². The summed E-state index contributed by atoms with van der Waals surface area (Å²) in [5, 5.41) is 4.10. The van der Waals surface area contributed by atoms with E-state index in [0.717, 1.165) is 49.6 Å². The molecule has 0 bridgehead atoms. The molecule has 0 N–H and O–H groups in total. The van der Waals surface area contributed by atoms with E-state index >= 15 is 0 Å². The van der Waals surface area contributed by atoms with Crippen molar-refractivity contribution < 1.29 is 4.52 Å². The van der Waals surface area contributed by atoms with Crippen LogP contribution in [0.1, 0.15) is 56.9 Å². The summed E-state index contributed by atoms with van der Waals surface area (Å²) >= 11 is 0. The van der Waals surface area contributed by atoms with Crippen LogP contribution in [0, 0.1) is 0 Å². The highest BCUT2D eigenvalue weighted by atomic mass is 16.5. The lowest BCUT2D eigenvalue weighted by Gasteiger charge is -2.36. The third-order valence-electron chi connectivity index (χ3n) is 5.16. The van der Waals surface area contributed by atoms with Gasteiger partial charge >= 0.3 is 0 Å². The fourth-order valence-corrected chi connectivity index (χ4v) is 3.75. The minimum atomic E-state index is 0.149. The van der Waals surface area contributed by atoms with Crippen molar-refractivity contribution in [1.29, 1.82) is 0 Å². The normalized spacial score (nSPS) is 20.2. The molecule has 3 heterocycles. The van der Waals surface area contributed by atoms with E-state index in [2.05, 4.69) is 56.6 Å². The molecule has 25 heavy (non-hydrogen) atoms. The lowest BCUT2D eigenvalue weighted by molar-refractivity contribution is 0.115. The lowest BCUT2D eigenvalue weighted by Crippen LogP contribution is -2.38. The molecule has 1 aliphatic heterocycles. The number of aryl methyl sites for hydroxylation is 1. The molecule has 2 atom stereocenters. The Morgan fingerprint density at radius 1 is 1.32 bits per heavy atom. The monoisotopic (exact) mass is 339 g/mol. The number of benzene rings is 1. The number of piperidine rings is 1. The highest BCUT2D eigenvalue weighted by Gasteiger charge is 2.28. The van der Waals surface area contributed by atoms with Gasteiger partial charge in [-0.3, -0.25) is 4.90 Å². The summed E-state index contributed by atoms with van der Waals surface area (Å²) in [5.74, 6) is 1.55. The highest BCUT2D eigenvalue weighted by Crippen LogP contribution is 2.30. The first-order valence-corrected chi connectivity index (χ1v) is 9.24. The first kappa shape index (κ1) is 16.3. The molecule has 0 amide bonds. The van der Waals surface area contributed by atoms with Gasteiger partial charge in [0.05, 0.1) is 23.4 Å². The third kappa shape index (κ3) is 3.18. The van der Waals surface area contributed by atoms with Gasteiger partial charge in [0.1, 0.15) is 0 Å². The number of para-hydroxylation sites is 2. The summed E-state index contributed by atoms with van der Waals surface area (Å²) in [7, 11) is 0. The summed E-state index contributed by atoms with van der Waals surface area (Å²) in [4.78, 5) is 11.6. The summed E-state index contributed by atoms with van der Waals surface area (Å²) in [6.07, 6.45) is 6.23. The van der Waals surface area contributed by atoms with E-state index < -0.39 is 0 Å². The van der Waals surface area contributed by atoms with Gasteiger partial charge in [-0.25, -0.2) is 4.98 Å². The van der Waals surface area contributed by atoms with Crippen LogP contribution in [0.3, 0.4) is 0 Å². The number of likely N-dealkylation sites (tertiary alicyclic amines) is 1. The summed E-state index contributed by atoms with van der Waals surface area (Å²) < 4.78 is 7.83. The van der Waals surface area contributed by atoms with E-state index in [1.54, 1.807) is 0 Å². The van der Waals surface area contributed by atoms with Gasteiger partial charge in [0.25, 0.3) is 0 Å². The van der Waals surface area contributed by atoms with Crippen molar-refractivity contribution in [1.82, 2.24) is 24.6 Å². The molecular formula is C19H25N5O. The van der Waals surface area contributed by atoms with Gasteiger partial charge in [0.15, 0.2) is 5.82 Å². The van der Waals surface area contributed by atoms with Crippen molar-refractivity contribution >= 4 is 11.0 Å². The Labute approximate surface area is 147 Å². The Bertz CT molecular complexity index is 839. The van der Waals surface area contributed by atoms with E-state index in [1.165, 1.54) is 11.9 Å². The van der Waals surface area contributed by atoms with Gasteiger partial charge in [-0.05, 0) is 44.9 Å². The standard InChI is InChI=1S/C19H25N5O/c1-3-7-18-21-19(25-22-18)14(2)23-11-6-8-15(12-23)24-13-20-16-9-4-5-10-17(16)24/h4-5,9-10,13-15H,3,6-8,11-12H2,1-2H3/t14-,15+/m0/s1. The van der Waals surface area contributed by atoms with Gasteiger partial charge in [-0.15, -0.1) is 0 Å². The molecule has 132 valence electrons. The van der Waals surface area contributed by atoms with Crippen LogP contribution >= 0.6 is 0 Å². The smallest absolute Gasteiger partial charge is 0.243 e. The third-order valence-corrected chi connectivity index (χ3v) is 5.16. The number of hydrogen-bond acceptors (Lipinski definition) is 5. The molecule has 3 aromatic rings. The Morgan fingerprint density at radius 2 is 2.20 bits per heavy atom. The maximum absolute atomic E-state index is 5.51. The van der Waals surface area contributed by atoms with Crippen molar-refractivity contribution in [3.05, 3.63) is 42.3 Å². The highest BCUT2D eigenvalue weighted by molar-refractivity contribution is 5.75. The minimum Gasteiger partial charge on any atom is -0.338 e. The molecule has 0 aliphatic carbocycles. The zero-order chi connectivity index (χ0) is 17.2. The van der Waals surface area contributed by atoms with Crippen LogP contribution in [0.4, 0.5) is 0 Å². The molecule has 0 radical (unpaired) electrons. The Kier molecular flexibility index (Phi) is 4.53. The van der Waals surface area contributed by atoms with Crippen LogP contribution in [0.2, 0.25) is 0 Å². The molecule has 1 aromatic carbocycles. The summed E-state index contributed by atoms with van der Waals surface area (Å²) in [6.45, 7) is 6.34. The van der Waals surface area contributed by atoms with E-state index in [-0.39, 0.29) is 6.04 Å². The summed E-state index contributed by atoms with van der Waals surface area (Å²) in [5.41, 5.74) is 2.28. The average Bonchev–Trinajstić information content (AvgIpc) is 3.28. The number of nitrogens with zero attached hydrogens (tertiary/aromatic N) is 5. The largest absolute Gasteiger partial charge is 0.338 e. The van der Waals surface area contributed by atoms with Crippen LogP contribution in [0.5, 0.6) is 0 Å². The molecule has 0 unspecified atom stereocenters. The van der Waals surface area contributed by atoms with Crippen LogP contribution in [-0.2, 0) is 6.42 Å². The zero-order valence-corrected chi connectivity index (χ0v) is 14.9. The quantitative estimate of drug-likeness (QED) is 0.708. The fourth-order valence-electron chi connectivity index (χ4n) is 3.75. The number of rotatable bonds is 5. The predicted octanol–water partition coefficient (Wildman–Crippen LogP) is 3.77. The molecule has 6 nitrogen and oxygen atoms in total. The molecule has 0 spiro atoms. The van der Waals surface area contributed by atoms with E-state index in [1.807, 2.05) is 12.4 Å². The predicted molar refractivity (Wildman–Crippen MR) is 96.3 cm³/mol. The molecule has 1 fully saturated rings. The minimum absolute atomic E-state index is 0.149.